The summed E-state index contributed by atoms with van der Waals surface area (Å²) in [6.07, 6.45) is 3.79. The van der Waals surface area contributed by atoms with Crippen molar-refractivity contribution in [1.82, 2.24) is 15.1 Å². The van der Waals surface area contributed by atoms with Crippen molar-refractivity contribution in [2.75, 3.05) is 0 Å². The summed E-state index contributed by atoms with van der Waals surface area (Å²) in [6.45, 7) is 3.55. The van der Waals surface area contributed by atoms with Crippen LogP contribution in [0.15, 0.2) is 39.5 Å². The lowest BCUT2D eigenvalue weighted by atomic mass is 10.2. The van der Waals surface area contributed by atoms with E-state index < -0.39 is 20.9 Å². The number of aryl methyl sites for hydroxylation is 1. The topological polar surface area (TPSA) is 99.1 Å². The number of halogens is 1. The van der Waals surface area contributed by atoms with Crippen LogP contribution in [0.1, 0.15) is 49.3 Å². The first-order valence-corrected chi connectivity index (χ1v) is 10.3. The predicted molar refractivity (Wildman–Crippen MR) is 95.8 cm³/mol. The molecule has 0 aliphatic heterocycles. The van der Waals surface area contributed by atoms with Crippen molar-refractivity contribution >= 4 is 9.84 Å². The van der Waals surface area contributed by atoms with Gasteiger partial charge in [-0.15, -0.1) is 0 Å². The van der Waals surface area contributed by atoms with Gasteiger partial charge in [-0.2, -0.15) is 4.98 Å². The third-order valence-corrected chi connectivity index (χ3v) is 6.07. The smallest absolute Gasteiger partial charge is 0.244 e. The minimum Gasteiger partial charge on any atom is -0.444 e. The van der Waals surface area contributed by atoms with Gasteiger partial charge < -0.3 is 8.94 Å². The highest BCUT2D eigenvalue weighted by molar-refractivity contribution is 7.90. The average molecular weight is 393 g/mol. The minimum atomic E-state index is -3.64. The van der Waals surface area contributed by atoms with E-state index in [9.17, 15) is 12.8 Å². The highest BCUT2D eigenvalue weighted by Crippen LogP contribution is 2.26. The molecular formula is C18H20FN3O4S. The molecule has 0 aliphatic rings. The molecule has 144 valence electrons. The van der Waals surface area contributed by atoms with Gasteiger partial charge in [-0.05, 0) is 31.5 Å². The monoisotopic (exact) mass is 393 g/mol. The number of benzene rings is 1. The zero-order valence-corrected chi connectivity index (χ0v) is 15.9. The molecular weight excluding hydrogens is 373 g/mol. The number of hydrogen-bond donors (Lipinski definition) is 0. The summed E-state index contributed by atoms with van der Waals surface area (Å²) >= 11 is 0. The summed E-state index contributed by atoms with van der Waals surface area (Å²) in [5.74, 6) is -0.0472. The molecule has 0 saturated carbocycles. The second kappa shape index (κ2) is 7.99. The molecule has 0 aliphatic carbocycles. The Morgan fingerprint density at radius 3 is 2.81 bits per heavy atom. The van der Waals surface area contributed by atoms with Gasteiger partial charge in [-0.1, -0.05) is 24.6 Å². The molecule has 0 saturated heterocycles. The summed E-state index contributed by atoms with van der Waals surface area (Å²) < 4.78 is 49.0. The van der Waals surface area contributed by atoms with E-state index in [0.717, 1.165) is 12.8 Å². The summed E-state index contributed by atoms with van der Waals surface area (Å²) in [5, 5.41) is 2.86. The fraction of sp³-hybridized carbons (Fsp3) is 0.389. The first kappa shape index (κ1) is 19.2. The van der Waals surface area contributed by atoms with Gasteiger partial charge in [0.25, 0.3) is 0 Å². The van der Waals surface area contributed by atoms with Gasteiger partial charge in [0.05, 0.1) is 11.4 Å². The number of oxazole rings is 1. The van der Waals surface area contributed by atoms with Crippen molar-refractivity contribution in [2.24, 2.45) is 0 Å². The van der Waals surface area contributed by atoms with Gasteiger partial charge >= 0.3 is 0 Å². The molecule has 0 fully saturated rings. The first-order valence-electron chi connectivity index (χ1n) is 8.63. The fourth-order valence-electron chi connectivity index (χ4n) is 2.48. The third kappa shape index (κ3) is 4.60. The molecule has 2 aromatic heterocycles. The van der Waals surface area contributed by atoms with E-state index in [4.69, 9.17) is 8.94 Å². The van der Waals surface area contributed by atoms with Crippen molar-refractivity contribution in [3.8, 4) is 11.5 Å². The van der Waals surface area contributed by atoms with Crippen LogP contribution in [-0.2, 0) is 22.0 Å². The van der Waals surface area contributed by atoms with Crippen molar-refractivity contribution in [3.63, 3.8) is 0 Å². The van der Waals surface area contributed by atoms with Crippen LogP contribution in [0.25, 0.3) is 11.5 Å². The van der Waals surface area contributed by atoms with E-state index in [1.807, 2.05) is 6.92 Å². The first-order chi connectivity index (χ1) is 12.9. The number of hydrogen-bond acceptors (Lipinski definition) is 7. The molecule has 7 nitrogen and oxygen atoms in total. The number of unbranched alkanes of at least 4 members (excludes halogenated alkanes) is 1. The van der Waals surface area contributed by atoms with E-state index in [-0.39, 0.29) is 23.2 Å². The minimum absolute atomic E-state index is 0.0648. The Bertz CT molecular complexity index is 1010. The molecule has 0 spiro atoms. The van der Waals surface area contributed by atoms with Gasteiger partial charge in [0, 0.05) is 12.0 Å². The Balaban J connectivity index is 1.73. The van der Waals surface area contributed by atoms with Crippen molar-refractivity contribution in [2.45, 2.75) is 44.1 Å². The molecule has 0 bridgehead atoms. The highest BCUT2D eigenvalue weighted by atomic mass is 32.2. The summed E-state index contributed by atoms with van der Waals surface area (Å²) in [5.41, 5.74) is 0.663. The molecule has 3 rings (SSSR count). The molecule has 1 atom stereocenters. The van der Waals surface area contributed by atoms with E-state index in [2.05, 4.69) is 15.1 Å². The lowest BCUT2D eigenvalue weighted by Gasteiger charge is -2.06. The van der Waals surface area contributed by atoms with Crippen molar-refractivity contribution in [3.05, 3.63) is 53.8 Å². The Morgan fingerprint density at radius 1 is 1.26 bits per heavy atom. The number of sulfone groups is 1. The largest absolute Gasteiger partial charge is 0.444 e. The molecule has 0 amide bonds. The second-order valence-electron chi connectivity index (χ2n) is 6.26. The van der Waals surface area contributed by atoms with E-state index in [0.29, 0.717) is 17.8 Å². The predicted octanol–water partition coefficient (Wildman–Crippen LogP) is 3.88. The molecule has 1 aromatic carbocycles. The number of rotatable bonds is 8. The highest BCUT2D eigenvalue weighted by Gasteiger charge is 2.29. The van der Waals surface area contributed by atoms with Crippen molar-refractivity contribution < 1.29 is 21.7 Å². The zero-order chi connectivity index (χ0) is 19.4. The lowest BCUT2D eigenvalue weighted by molar-refractivity contribution is 0.370. The third-order valence-electron chi connectivity index (χ3n) is 4.10. The maximum atomic E-state index is 13.3. The summed E-state index contributed by atoms with van der Waals surface area (Å²) in [4.78, 5) is 8.33. The number of aromatic nitrogens is 3. The SMILES string of the molecule is CCCCc1noc(C(C)S(=O)(=O)Cc2coc(-c3cccc(F)c3)n2)n1. The van der Waals surface area contributed by atoms with Gasteiger partial charge in [0.1, 0.15) is 17.3 Å². The van der Waals surface area contributed by atoms with Crippen LogP contribution >= 0.6 is 0 Å². The van der Waals surface area contributed by atoms with E-state index >= 15 is 0 Å². The van der Waals surface area contributed by atoms with Crippen LogP contribution in [0.4, 0.5) is 4.39 Å². The molecule has 9 heteroatoms. The van der Waals surface area contributed by atoms with Crippen LogP contribution in [0.3, 0.4) is 0 Å². The van der Waals surface area contributed by atoms with Gasteiger partial charge in [0.15, 0.2) is 15.7 Å². The molecule has 3 aromatic rings. The Labute approximate surface area is 156 Å². The van der Waals surface area contributed by atoms with Gasteiger partial charge in [0.2, 0.25) is 11.8 Å². The quantitative estimate of drug-likeness (QED) is 0.572. The maximum Gasteiger partial charge on any atom is 0.244 e. The van der Waals surface area contributed by atoms with Crippen molar-refractivity contribution in [1.29, 1.82) is 0 Å². The van der Waals surface area contributed by atoms with Gasteiger partial charge in [-0.25, -0.2) is 17.8 Å². The maximum absolute atomic E-state index is 13.3. The Morgan fingerprint density at radius 2 is 2.07 bits per heavy atom. The lowest BCUT2D eigenvalue weighted by Crippen LogP contribution is -2.13. The number of nitrogens with zero attached hydrogens (tertiary/aromatic N) is 3. The van der Waals surface area contributed by atoms with Crippen LogP contribution < -0.4 is 0 Å². The fourth-order valence-corrected chi connectivity index (χ4v) is 3.68. The van der Waals surface area contributed by atoms with Gasteiger partial charge in [-0.3, -0.25) is 0 Å². The molecule has 0 N–H and O–H groups in total. The average Bonchev–Trinajstić information content (AvgIpc) is 3.28. The second-order valence-corrected chi connectivity index (χ2v) is 8.58. The van der Waals surface area contributed by atoms with E-state index in [1.165, 1.54) is 31.4 Å². The van der Waals surface area contributed by atoms with E-state index in [1.54, 1.807) is 6.07 Å². The summed E-state index contributed by atoms with van der Waals surface area (Å²) in [6, 6.07) is 5.73. The Kier molecular flexibility index (Phi) is 5.69. The van der Waals surface area contributed by atoms with Crippen LogP contribution in [0.2, 0.25) is 0 Å². The molecule has 2 heterocycles. The molecule has 0 radical (unpaired) electrons. The molecule has 1 unspecified atom stereocenters. The normalized spacial score (nSPS) is 13.0. The standard InChI is InChI=1S/C18H20FN3O4S/c1-3-4-8-16-21-17(26-22-16)12(2)27(23,24)11-15-10-25-18(20-15)13-6-5-7-14(19)9-13/h5-7,9-10,12H,3-4,8,11H2,1-2H3. The van der Waals surface area contributed by atoms with Crippen LogP contribution in [0, 0.1) is 5.82 Å². The summed E-state index contributed by atoms with van der Waals surface area (Å²) in [7, 11) is -3.64. The zero-order valence-electron chi connectivity index (χ0n) is 15.1. The van der Waals surface area contributed by atoms with Crippen LogP contribution in [0.5, 0.6) is 0 Å². The van der Waals surface area contributed by atoms with Crippen LogP contribution in [-0.4, -0.2) is 23.5 Å². The molecule has 27 heavy (non-hydrogen) atoms. The Hall–Kier alpha value is -2.55.